The summed E-state index contributed by atoms with van der Waals surface area (Å²) in [5, 5.41) is 3.36. The van der Waals surface area contributed by atoms with Gasteiger partial charge in [-0.05, 0) is 30.5 Å². The number of guanidine groups is 1. The summed E-state index contributed by atoms with van der Waals surface area (Å²) in [6.07, 6.45) is 3.33. The van der Waals surface area contributed by atoms with Crippen molar-refractivity contribution in [2.75, 3.05) is 40.5 Å². The van der Waals surface area contributed by atoms with Crippen LogP contribution in [0.2, 0.25) is 0 Å². The van der Waals surface area contributed by atoms with Gasteiger partial charge in [-0.2, -0.15) is 0 Å². The quantitative estimate of drug-likeness (QED) is 0.300. The van der Waals surface area contributed by atoms with Gasteiger partial charge in [-0.3, -0.25) is 9.79 Å². The Kier molecular flexibility index (Phi) is 8.51. The lowest BCUT2D eigenvalue weighted by Gasteiger charge is -2.33. The fraction of sp³-hybridized carbons (Fsp3) is 0.435. The fourth-order valence-electron chi connectivity index (χ4n) is 3.43. The van der Waals surface area contributed by atoms with E-state index in [1.165, 1.54) is 7.11 Å². The van der Waals surface area contributed by atoms with Gasteiger partial charge in [0.15, 0.2) is 5.96 Å². The van der Waals surface area contributed by atoms with Crippen molar-refractivity contribution in [2.45, 2.75) is 19.4 Å². The summed E-state index contributed by atoms with van der Waals surface area (Å²) in [6, 6.07) is 13.5. The van der Waals surface area contributed by atoms with Crippen molar-refractivity contribution in [1.29, 1.82) is 0 Å². The highest BCUT2D eigenvalue weighted by atomic mass is 16.5. The van der Waals surface area contributed by atoms with E-state index in [9.17, 15) is 4.79 Å². The molecule has 0 amide bonds. The Morgan fingerprint density at radius 2 is 1.87 bits per heavy atom. The highest BCUT2D eigenvalue weighted by molar-refractivity contribution is 5.80. The molecule has 1 saturated heterocycles. The summed E-state index contributed by atoms with van der Waals surface area (Å²) >= 11 is 0. The third-order valence-corrected chi connectivity index (χ3v) is 5.13. The van der Waals surface area contributed by atoms with E-state index in [4.69, 9.17) is 14.2 Å². The minimum absolute atomic E-state index is 0.0193. The number of hydrogen-bond donors (Lipinski definition) is 1. The van der Waals surface area contributed by atoms with Crippen LogP contribution in [0.15, 0.2) is 53.7 Å². The number of pyridine rings is 1. The van der Waals surface area contributed by atoms with E-state index < -0.39 is 0 Å². The topological polar surface area (TPSA) is 85.3 Å². The first-order valence-electron chi connectivity index (χ1n) is 10.5. The molecule has 0 bridgehead atoms. The first kappa shape index (κ1) is 22.4. The van der Waals surface area contributed by atoms with E-state index >= 15 is 0 Å². The molecule has 31 heavy (non-hydrogen) atoms. The maximum atomic E-state index is 11.7. The highest BCUT2D eigenvalue weighted by Gasteiger charge is 2.26. The number of likely N-dealkylation sites (tertiary alicyclic amines) is 1. The van der Waals surface area contributed by atoms with Gasteiger partial charge in [-0.1, -0.05) is 24.3 Å². The standard InChI is InChI=1S/C23H30N4O4/c1-24-23(27-12-10-19(11-13-27)22(28)29-2)26-17-18-8-9-21(25-16-18)31-15-14-30-20-6-4-3-5-7-20/h3-9,16,19H,10-15,17H2,1-2H3,(H,24,26). The van der Waals surface area contributed by atoms with Gasteiger partial charge in [0.2, 0.25) is 5.88 Å². The Morgan fingerprint density at radius 1 is 1.13 bits per heavy atom. The number of carbonyl (C=O) groups excluding carboxylic acids is 1. The Labute approximate surface area is 183 Å². The first-order chi connectivity index (χ1) is 15.2. The van der Waals surface area contributed by atoms with E-state index in [-0.39, 0.29) is 11.9 Å². The van der Waals surface area contributed by atoms with Gasteiger partial charge >= 0.3 is 5.97 Å². The lowest BCUT2D eigenvalue weighted by molar-refractivity contribution is -0.146. The normalized spacial score (nSPS) is 14.8. The molecule has 166 valence electrons. The molecule has 1 aliphatic heterocycles. The smallest absolute Gasteiger partial charge is 0.308 e. The number of piperidine rings is 1. The molecular weight excluding hydrogens is 396 g/mol. The Balaban J connectivity index is 1.38. The van der Waals surface area contributed by atoms with Crippen LogP contribution in [0, 0.1) is 5.92 Å². The number of nitrogens with zero attached hydrogens (tertiary/aromatic N) is 3. The number of aliphatic imine (C=N–C) groups is 1. The van der Waals surface area contributed by atoms with Gasteiger partial charge < -0.3 is 24.4 Å². The lowest BCUT2D eigenvalue weighted by Crippen LogP contribution is -2.46. The zero-order chi connectivity index (χ0) is 21.9. The summed E-state index contributed by atoms with van der Waals surface area (Å²) in [7, 11) is 3.21. The van der Waals surface area contributed by atoms with Crippen molar-refractivity contribution in [2.24, 2.45) is 10.9 Å². The van der Waals surface area contributed by atoms with E-state index in [1.807, 2.05) is 42.5 Å². The molecule has 0 unspecified atom stereocenters. The van der Waals surface area contributed by atoms with Crippen LogP contribution >= 0.6 is 0 Å². The third kappa shape index (κ3) is 6.87. The lowest BCUT2D eigenvalue weighted by atomic mass is 9.97. The summed E-state index contributed by atoms with van der Waals surface area (Å²) in [5.41, 5.74) is 1.03. The molecule has 0 atom stereocenters. The number of benzene rings is 1. The monoisotopic (exact) mass is 426 g/mol. The molecule has 8 heteroatoms. The number of aromatic nitrogens is 1. The zero-order valence-electron chi connectivity index (χ0n) is 18.1. The van der Waals surface area contributed by atoms with Crippen LogP contribution in [-0.4, -0.2) is 62.3 Å². The molecule has 1 aromatic heterocycles. The number of hydrogen-bond acceptors (Lipinski definition) is 6. The molecule has 0 aliphatic carbocycles. The predicted octanol–water partition coefficient (Wildman–Crippen LogP) is 2.50. The average Bonchev–Trinajstić information content (AvgIpc) is 2.83. The van der Waals surface area contributed by atoms with Crippen molar-refractivity contribution in [3.05, 3.63) is 54.2 Å². The molecule has 2 aromatic rings. The Morgan fingerprint density at radius 3 is 2.52 bits per heavy atom. The number of nitrogens with one attached hydrogen (secondary N) is 1. The molecule has 2 heterocycles. The van der Waals surface area contributed by atoms with Gasteiger partial charge in [0.1, 0.15) is 19.0 Å². The maximum absolute atomic E-state index is 11.7. The zero-order valence-corrected chi connectivity index (χ0v) is 18.1. The second-order valence-corrected chi connectivity index (χ2v) is 7.20. The molecule has 1 aromatic carbocycles. The molecule has 1 fully saturated rings. The first-order valence-corrected chi connectivity index (χ1v) is 10.5. The van der Waals surface area contributed by atoms with Crippen LogP contribution < -0.4 is 14.8 Å². The van der Waals surface area contributed by atoms with Crippen LogP contribution in [0.4, 0.5) is 0 Å². The van der Waals surface area contributed by atoms with Crippen LogP contribution in [0.1, 0.15) is 18.4 Å². The molecule has 1 N–H and O–H groups in total. The summed E-state index contributed by atoms with van der Waals surface area (Å²) in [5.74, 6) is 2.07. The van der Waals surface area contributed by atoms with Crippen LogP contribution in [0.5, 0.6) is 11.6 Å². The van der Waals surface area contributed by atoms with Crippen molar-refractivity contribution >= 4 is 11.9 Å². The minimum atomic E-state index is -0.123. The van der Waals surface area contributed by atoms with E-state index in [2.05, 4.69) is 20.2 Å². The van der Waals surface area contributed by atoms with Gasteiger partial charge in [0.25, 0.3) is 0 Å². The number of ether oxygens (including phenoxy) is 3. The van der Waals surface area contributed by atoms with Crippen molar-refractivity contribution in [1.82, 2.24) is 15.2 Å². The number of rotatable bonds is 8. The van der Waals surface area contributed by atoms with Crippen molar-refractivity contribution in [3.8, 4) is 11.6 Å². The summed E-state index contributed by atoms with van der Waals surface area (Å²) in [4.78, 5) is 22.6. The van der Waals surface area contributed by atoms with Gasteiger partial charge in [-0.15, -0.1) is 0 Å². The molecule has 0 spiro atoms. The van der Waals surface area contributed by atoms with Crippen LogP contribution in [-0.2, 0) is 16.1 Å². The number of methoxy groups -OCH3 is 1. The number of carbonyl (C=O) groups is 1. The summed E-state index contributed by atoms with van der Waals surface area (Å²) < 4.78 is 16.1. The van der Waals surface area contributed by atoms with E-state index in [1.54, 1.807) is 13.2 Å². The number of para-hydroxylation sites is 1. The highest BCUT2D eigenvalue weighted by Crippen LogP contribution is 2.18. The second-order valence-electron chi connectivity index (χ2n) is 7.20. The molecule has 0 saturated carbocycles. The third-order valence-electron chi connectivity index (χ3n) is 5.13. The molecule has 3 rings (SSSR count). The van der Waals surface area contributed by atoms with Gasteiger partial charge in [-0.25, -0.2) is 4.98 Å². The minimum Gasteiger partial charge on any atom is -0.490 e. The van der Waals surface area contributed by atoms with E-state index in [0.29, 0.717) is 25.6 Å². The van der Waals surface area contributed by atoms with Crippen molar-refractivity contribution < 1.29 is 19.0 Å². The van der Waals surface area contributed by atoms with Crippen LogP contribution in [0.25, 0.3) is 0 Å². The van der Waals surface area contributed by atoms with Crippen molar-refractivity contribution in [3.63, 3.8) is 0 Å². The van der Waals surface area contributed by atoms with Crippen LogP contribution in [0.3, 0.4) is 0 Å². The molecule has 8 nitrogen and oxygen atoms in total. The Hall–Kier alpha value is -3.29. The largest absolute Gasteiger partial charge is 0.490 e. The predicted molar refractivity (Wildman–Crippen MR) is 118 cm³/mol. The SMILES string of the molecule is CN=C(NCc1ccc(OCCOc2ccccc2)nc1)N1CCC(C(=O)OC)CC1. The van der Waals surface area contributed by atoms with E-state index in [0.717, 1.165) is 43.2 Å². The molecule has 1 aliphatic rings. The average molecular weight is 427 g/mol. The Bertz CT molecular complexity index is 834. The summed E-state index contributed by atoms with van der Waals surface area (Å²) in [6.45, 7) is 3.03. The maximum Gasteiger partial charge on any atom is 0.308 e. The number of esters is 1. The fourth-order valence-corrected chi connectivity index (χ4v) is 3.43. The molecule has 0 radical (unpaired) electrons. The van der Waals surface area contributed by atoms with Gasteiger partial charge in [0.05, 0.1) is 13.0 Å². The second kappa shape index (κ2) is 11.8. The van der Waals surface area contributed by atoms with Gasteiger partial charge in [0, 0.05) is 38.9 Å². The molecular formula is C23H30N4O4.